The summed E-state index contributed by atoms with van der Waals surface area (Å²) in [5.74, 6) is 0.423. The number of anilines is 2. The molecular weight excluding hydrogens is 478 g/mol. The zero-order valence-corrected chi connectivity index (χ0v) is 20.4. The van der Waals surface area contributed by atoms with Crippen molar-refractivity contribution in [3.8, 4) is 5.75 Å². The molecule has 0 saturated carbocycles. The van der Waals surface area contributed by atoms with Gasteiger partial charge in [-0.2, -0.15) is 0 Å². The van der Waals surface area contributed by atoms with Gasteiger partial charge in [0, 0.05) is 37.9 Å². The van der Waals surface area contributed by atoms with Gasteiger partial charge in [-0.15, -0.1) is 0 Å². The van der Waals surface area contributed by atoms with E-state index in [0.717, 1.165) is 31.6 Å². The molecule has 2 aliphatic heterocycles. The van der Waals surface area contributed by atoms with Gasteiger partial charge in [-0.05, 0) is 62.4 Å². The Hall–Kier alpha value is -1.34. The van der Waals surface area contributed by atoms with Crippen LogP contribution in [-0.2, 0) is 21.1 Å². The molecule has 2 aromatic rings. The predicted molar refractivity (Wildman–Crippen MR) is 129 cm³/mol. The number of hydrogen-bond acceptors (Lipinski definition) is 6. The first-order valence-electron chi connectivity index (χ1n) is 10.1. The molecule has 0 aromatic heterocycles. The van der Waals surface area contributed by atoms with Crippen molar-refractivity contribution in [2.45, 2.75) is 33.0 Å². The van der Waals surface area contributed by atoms with E-state index < -0.39 is 18.8 Å². The predicted octanol–water partition coefficient (Wildman–Crippen LogP) is 5.95. The monoisotopic (exact) mass is 500 g/mol. The van der Waals surface area contributed by atoms with Crippen LogP contribution in [0.4, 0.5) is 16.2 Å². The Labute approximate surface area is 197 Å². The number of hydrogen-bond donors (Lipinski definition) is 0. The molecule has 2 atom stereocenters. The maximum atomic E-state index is 13.2. The van der Waals surface area contributed by atoms with Crippen LogP contribution in [0.25, 0.3) is 0 Å². The lowest BCUT2D eigenvalue weighted by molar-refractivity contribution is -0.0316. The molecule has 0 unspecified atom stereocenters. The largest absolute Gasteiger partial charge is 0.425 e. The summed E-state index contributed by atoms with van der Waals surface area (Å²) < 4.78 is 19.2. The highest BCUT2D eigenvalue weighted by Crippen LogP contribution is 2.59. The molecule has 31 heavy (non-hydrogen) atoms. The second kappa shape index (κ2) is 9.26. The van der Waals surface area contributed by atoms with Crippen LogP contribution in [0.3, 0.4) is 0 Å². The molecule has 2 aliphatic rings. The zero-order valence-electron chi connectivity index (χ0n) is 17.2. The fourth-order valence-corrected chi connectivity index (χ4v) is 7.48. The molecule has 6 nitrogen and oxygen atoms in total. The molecule has 10 heteroatoms. The van der Waals surface area contributed by atoms with Gasteiger partial charge in [0.05, 0.1) is 21.0 Å². The van der Waals surface area contributed by atoms with Crippen LogP contribution in [0.2, 0.25) is 10.0 Å². The summed E-state index contributed by atoms with van der Waals surface area (Å²) in [4.78, 5) is 15.4. The van der Waals surface area contributed by atoms with Crippen molar-refractivity contribution in [3.05, 3.63) is 46.4 Å². The highest BCUT2D eigenvalue weighted by molar-refractivity contribution is 8.17. The number of nitrogens with zero attached hydrogens (tertiary/aromatic N) is 2. The van der Waals surface area contributed by atoms with E-state index in [-0.39, 0.29) is 0 Å². The van der Waals surface area contributed by atoms with Crippen LogP contribution >= 0.6 is 29.6 Å². The Balaban J connectivity index is 1.83. The molecule has 1 fully saturated rings. The maximum Gasteiger partial charge on any atom is 0.425 e. The van der Waals surface area contributed by atoms with Crippen molar-refractivity contribution >= 4 is 64.2 Å². The Bertz CT molecular complexity index is 1040. The van der Waals surface area contributed by atoms with Crippen LogP contribution in [0.15, 0.2) is 36.4 Å². The number of carbonyl (C=O) groups is 1. The highest BCUT2D eigenvalue weighted by Gasteiger charge is 2.45. The molecule has 0 radical (unpaired) electrons. The van der Waals surface area contributed by atoms with Crippen LogP contribution < -0.4 is 19.6 Å². The summed E-state index contributed by atoms with van der Waals surface area (Å²) in [6.07, 6.45) is -2.58. The number of halogens is 2. The lowest BCUT2D eigenvalue weighted by Crippen LogP contribution is -2.42. The highest BCUT2D eigenvalue weighted by atomic mass is 35.5. The molecule has 0 aliphatic carbocycles. The van der Waals surface area contributed by atoms with Gasteiger partial charge in [-0.3, -0.25) is 4.52 Å². The van der Waals surface area contributed by atoms with Crippen molar-refractivity contribution in [3.63, 3.8) is 0 Å². The third kappa shape index (κ3) is 4.32. The first-order valence-corrected chi connectivity index (χ1v) is 13.6. The summed E-state index contributed by atoms with van der Waals surface area (Å²) in [7, 11) is 0. The number of carbonyl (C=O) groups excluding carboxylic acids is 1. The first kappa shape index (κ1) is 22.8. The second-order valence-electron chi connectivity index (χ2n) is 7.17. The summed E-state index contributed by atoms with van der Waals surface area (Å²) in [5.41, 5.74) is 1.43. The molecule has 4 rings (SSSR count). The van der Waals surface area contributed by atoms with Crippen LogP contribution in [0.5, 0.6) is 5.75 Å². The molecular formula is C21H23Cl2N2O4PS. The van der Waals surface area contributed by atoms with Gasteiger partial charge >= 0.3 is 6.09 Å². The lowest BCUT2D eigenvalue weighted by atomic mass is 10.2. The van der Waals surface area contributed by atoms with E-state index in [4.69, 9.17) is 49.0 Å². The molecule has 2 aromatic carbocycles. The van der Waals surface area contributed by atoms with Crippen LogP contribution in [0, 0.1) is 0 Å². The third-order valence-electron chi connectivity index (χ3n) is 5.31. The van der Waals surface area contributed by atoms with Crippen molar-refractivity contribution < 1.29 is 18.8 Å². The van der Waals surface area contributed by atoms with Crippen molar-refractivity contribution in [1.82, 2.24) is 0 Å². The van der Waals surface area contributed by atoms with Gasteiger partial charge in [0.25, 0.3) is 0 Å². The number of benzene rings is 2. The third-order valence-corrected chi connectivity index (χ3v) is 9.80. The van der Waals surface area contributed by atoms with Crippen LogP contribution in [0.1, 0.15) is 26.7 Å². The molecule has 0 bridgehead atoms. The number of amides is 1. The number of ether oxygens (including phenoxy) is 2. The van der Waals surface area contributed by atoms with Crippen molar-refractivity contribution in [1.29, 1.82) is 0 Å². The van der Waals surface area contributed by atoms with Gasteiger partial charge in [-0.1, -0.05) is 23.2 Å². The van der Waals surface area contributed by atoms with E-state index in [1.807, 2.05) is 18.2 Å². The molecule has 1 amide bonds. The number of rotatable bonds is 6. The van der Waals surface area contributed by atoms with Crippen LogP contribution in [-0.4, -0.2) is 32.1 Å². The van der Waals surface area contributed by atoms with Gasteiger partial charge in [0.2, 0.25) is 6.42 Å². The molecule has 2 heterocycles. The Morgan fingerprint density at radius 3 is 2.61 bits per heavy atom. The molecule has 0 N–H and O–H groups in total. The standard InChI is InChI=1S/C21H23Cl2N2O4PS/c1-3-24(4-2)14-8-10-19-18(13-14)28-21(26)25(15-7-9-16(22)17(23)12-15)30(19,31)29-20-6-5-11-27-20/h7-10,12-13,20H,3-6,11H2,1-2H3/t20-,30-/m1/s1. The van der Waals surface area contributed by atoms with E-state index in [9.17, 15) is 4.79 Å². The van der Waals surface area contributed by atoms with Crippen molar-refractivity contribution in [2.24, 2.45) is 0 Å². The number of fused-ring (bicyclic) bond motifs is 1. The van der Waals surface area contributed by atoms with Gasteiger partial charge < -0.3 is 14.4 Å². The van der Waals surface area contributed by atoms with E-state index in [1.54, 1.807) is 18.2 Å². The first-order chi connectivity index (χ1) is 14.9. The minimum Gasteiger partial charge on any atom is -0.409 e. The van der Waals surface area contributed by atoms with Crippen molar-refractivity contribution in [2.75, 3.05) is 29.3 Å². The second-order valence-corrected chi connectivity index (χ2v) is 11.6. The van der Waals surface area contributed by atoms with Gasteiger partial charge in [0.1, 0.15) is 5.75 Å². The fraction of sp³-hybridized carbons (Fsp3) is 0.381. The summed E-state index contributed by atoms with van der Waals surface area (Å²) in [6, 6.07) is 10.6. The normalized spacial score (nSPS) is 22.9. The summed E-state index contributed by atoms with van der Waals surface area (Å²) in [6.45, 7) is 6.42. The average Bonchev–Trinajstić information content (AvgIpc) is 3.24. The Morgan fingerprint density at radius 2 is 1.97 bits per heavy atom. The van der Waals surface area contributed by atoms with E-state index in [2.05, 4.69) is 18.7 Å². The van der Waals surface area contributed by atoms with Gasteiger partial charge in [0.15, 0.2) is 6.29 Å². The minimum absolute atomic E-state index is 0.313. The van der Waals surface area contributed by atoms with E-state index in [0.29, 0.717) is 33.4 Å². The SMILES string of the molecule is CCN(CC)c1ccc2c(c1)OC(=O)N(c1ccc(Cl)c(Cl)c1)[P@@]2(=S)O[C@@H]1CCCO1. The fourth-order valence-electron chi connectivity index (χ4n) is 3.72. The lowest BCUT2D eigenvalue weighted by Gasteiger charge is -2.39. The average molecular weight is 501 g/mol. The Morgan fingerprint density at radius 1 is 1.19 bits per heavy atom. The van der Waals surface area contributed by atoms with E-state index in [1.165, 1.54) is 4.67 Å². The maximum absolute atomic E-state index is 13.2. The zero-order chi connectivity index (χ0) is 22.2. The quantitative estimate of drug-likeness (QED) is 0.457. The smallest absolute Gasteiger partial charge is 0.409 e. The van der Waals surface area contributed by atoms with Gasteiger partial charge in [-0.25, -0.2) is 9.46 Å². The van der Waals surface area contributed by atoms with E-state index >= 15 is 0 Å². The molecule has 1 saturated heterocycles. The summed E-state index contributed by atoms with van der Waals surface area (Å²) in [5, 5.41) is 1.36. The topological polar surface area (TPSA) is 51.2 Å². The minimum atomic E-state index is -3.10. The summed E-state index contributed by atoms with van der Waals surface area (Å²) >= 11 is 18.4. The molecule has 0 spiro atoms. The molecule has 166 valence electrons. The Kier molecular flexibility index (Phi) is 6.82.